The van der Waals surface area contributed by atoms with E-state index in [2.05, 4.69) is 32.7 Å². The molecule has 0 fully saturated rings. The van der Waals surface area contributed by atoms with Crippen LogP contribution in [0.5, 0.6) is 0 Å². The number of hydrogen-bond donors (Lipinski definition) is 1. The molecule has 0 aliphatic heterocycles. The number of ether oxygens (including phenoxy) is 3. The van der Waals surface area contributed by atoms with Crippen molar-refractivity contribution in [3.8, 4) is 0 Å². The predicted molar refractivity (Wildman–Crippen MR) is 87.7 cm³/mol. The Hall–Kier alpha value is -0.200. The van der Waals surface area contributed by atoms with E-state index < -0.39 is 0 Å². The van der Waals surface area contributed by atoms with Crippen molar-refractivity contribution in [1.82, 2.24) is 4.90 Å². The normalized spacial score (nSPS) is 14.6. The third-order valence-corrected chi connectivity index (χ3v) is 4.08. The van der Waals surface area contributed by atoms with E-state index >= 15 is 0 Å². The number of unbranched alkanes of at least 4 members (excludes halogenated alkanes) is 1. The van der Waals surface area contributed by atoms with Gasteiger partial charge in [-0.1, -0.05) is 20.3 Å². The smallest absolute Gasteiger partial charge is 0.0701 e. The van der Waals surface area contributed by atoms with Crippen LogP contribution in [0.25, 0.3) is 0 Å². The molecule has 1 atom stereocenters. The third kappa shape index (κ3) is 10.2. The molecule has 0 rings (SSSR count). The number of rotatable bonds is 15. The Labute approximate surface area is 131 Å². The van der Waals surface area contributed by atoms with Gasteiger partial charge in [0.2, 0.25) is 0 Å². The van der Waals surface area contributed by atoms with Crippen LogP contribution in [-0.2, 0) is 14.2 Å². The predicted octanol–water partition coefficient (Wildman–Crippen LogP) is 1.90. The van der Waals surface area contributed by atoms with Crippen LogP contribution in [0.15, 0.2) is 0 Å². The standard InChI is InChI=1S/C16H36N2O3/c1-5-7-9-19-11-13-21-14-12-20-10-8-18(4)16(3,6-2)15-17/h5-15,17H2,1-4H3. The van der Waals surface area contributed by atoms with Crippen molar-refractivity contribution < 1.29 is 14.2 Å². The molecular weight excluding hydrogens is 268 g/mol. The van der Waals surface area contributed by atoms with Gasteiger partial charge in [0.25, 0.3) is 0 Å². The van der Waals surface area contributed by atoms with Crippen molar-refractivity contribution >= 4 is 0 Å². The second-order valence-electron chi connectivity index (χ2n) is 5.67. The maximum Gasteiger partial charge on any atom is 0.0701 e. The van der Waals surface area contributed by atoms with Crippen LogP contribution < -0.4 is 5.73 Å². The van der Waals surface area contributed by atoms with Gasteiger partial charge in [-0.3, -0.25) is 4.90 Å². The molecule has 1 unspecified atom stereocenters. The molecule has 0 aromatic rings. The zero-order valence-corrected chi connectivity index (χ0v) is 14.5. The number of likely N-dealkylation sites (N-methyl/N-ethyl adjacent to an activating group) is 1. The van der Waals surface area contributed by atoms with Gasteiger partial charge >= 0.3 is 0 Å². The van der Waals surface area contributed by atoms with Crippen LogP contribution in [-0.4, -0.2) is 70.2 Å². The van der Waals surface area contributed by atoms with Crippen LogP contribution in [0.4, 0.5) is 0 Å². The lowest BCUT2D eigenvalue weighted by Crippen LogP contribution is -2.50. The summed E-state index contributed by atoms with van der Waals surface area (Å²) in [7, 11) is 2.10. The van der Waals surface area contributed by atoms with Gasteiger partial charge in [0.1, 0.15) is 0 Å². The highest BCUT2D eigenvalue weighted by Crippen LogP contribution is 2.15. The first-order valence-electron chi connectivity index (χ1n) is 8.25. The number of hydrogen-bond acceptors (Lipinski definition) is 5. The van der Waals surface area contributed by atoms with E-state index in [1.54, 1.807) is 0 Å². The van der Waals surface area contributed by atoms with Gasteiger partial charge in [-0.05, 0) is 26.8 Å². The molecule has 5 heteroatoms. The van der Waals surface area contributed by atoms with Crippen LogP contribution in [0, 0.1) is 0 Å². The highest BCUT2D eigenvalue weighted by molar-refractivity contribution is 4.83. The minimum Gasteiger partial charge on any atom is -0.379 e. The second kappa shape index (κ2) is 13.5. The Morgan fingerprint density at radius 1 is 0.905 bits per heavy atom. The van der Waals surface area contributed by atoms with Crippen molar-refractivity contribution in [3.63, 3.8) is 0 Å². The highest BCUT2D eigenvalue weighted by Gasteiger charge is 2.24. The van der Waals surface area contributed by atoms with Gasteiger partial charge in [-0.25, -0.2) is 0 Å². The lowest BCUT2D eigenvalue weighted by molar-refractivity contribution is 0.00559. The van der Waals surface area contributed by atoms with Gasteiger partial charge in [-0.2, -0.15) is 0 Å². The molecule has 0 aliphatic rings. The van der Waals surface area contributed by atoms with E-state index in [1.165, 1.54) is 6.42 Å². The van der Waals surface area contributed by atoms with Gasteiger partial charge in [-0.15, -0.1) is 0 Å². The molecule has 128 valence electrons. The molecule has 2 N–H and O–H groups in total. The maximum atomic E-state index is 5.83. The summed E-state index contributed by atoms with van der Waals surface area (Å²) in [5, 5.41) is 0. The molecule has 0 saturated heterocycles. The van der Waals surface area contributed by atoms with Crippen LogP contribution in [0.1, 0.15) is 40.0 Å². The Bertz CT molecular complexity index is 224. The monoisotopic (exact) mass is 304 g/mol. The molecule has 0 aliphatic carbocycles. The van der Waals surface area contributed by atoms with E-state index in [0.717, 1.165) is 26.0 Å². The fraction of sp³-hybridized carbons (Fsp3) is 1.00. The van der Waals surface area contributed by atoms with Crippen molar-refractivity contribution in [2.24, 2.45) is 5.73 Å². The van der Waals surface area contributed by atoms with Gasteiger partial charge in [0, 0.05) is 25.2 Å². The maximum absolute atomic E-state index is 5.83. The summed E-state index contributed by atoms with van der Waals surface area (Å²) in [6.45, 7) is 12.2. The van der Waals surface area contributed by atoms with E-state index in [9.17, 15) is 0 Å². The highest BCUT2D eigenvalue weighted by atomic mass is 16.5. The summed E-state index contributed by atoms with van der Waals surface area (Å²) in [6, 6.07) is 0. The summed E-state index contributed by atoms with van der Waals surface area (Å²) < 4.78 is 16.4. The molecule has 0 amide bonds. The first kappa shape index (κ1) is 20.8. The minimum absolute atomic E-state index is 0.0652. The molecule has 0 aromatic heterocycles. The largest absolute Gasteiger partial charge is 0.379 e. The third-order valence-electron chi connectivity index (χ3n) is 4.08. The summed E-state index contributed by atoms with van der Waals surface area (Å²) >= 11 is 0. The van der Waals surface area contributed by atoms with E-state index in [-0.39, 0.29) is 5.54 Å². The lowest BCUT2D eigenvalue weighted by atomic mass is 9.97. The topological polar surface area (TPSA) is 57.0 Å². The van der Waals surface area contributed by atoms with Gasteiger partial charge in [0.05, 0.1) is 33.0 Å². The summed E-state index contributed by atoms with van der Waals surface area (Å²) in [6.07, 6.45) is 3.33. The Kier molecular flexibility index (Phi) is 13.3. The first-order valence-corrected chi connectivity index (χ1v) is 8.25. The lowest BCUT2D eigenvalue weighted by Gasteiger charge is -2.37. The van der Waals surface area contributed by atoms with Gasteiger partial charge in [0.15, 0.2) is 0 Å². The van der Waals surface area contributed by atoms with E-state index in [1.807, 2.05) is 0 Å². The van der Waals surface area contributed by atoms with Crippen molar-refractivity contribution in [3.05, 3.63) is 0 Å². The molecule has 0 saturated carbocycles. The minimum atomic E-state index is 0.0652. The fourth-order valence-electron chi connectivity index (χ4n) is 1.83. The second-order valence-corrected chi connectivity index (χ2v) is 5.67. The van der Waals surface area contributed by atoms with Crippen LogP contribution >= 0.6 is 0 Å². The zero-order chi connectivity index (χ0) is 16.0. The first-order chi connectivity index (χ1) is 10.1. The van der Waals surface area contributed by atoms with Crippen LogP contribution in [0.3, 0.4) is 0 Å². The Morgan fingerprint density at radius 3 is 1.90 bits per heavy atom. The average Bonchev–Trinajstić information content (AvgIpc) is 2.51. The molecule has 5 nitrogen and oxygen atoms in total. The SMILES string of the molecule is CCCCOCCOCCOCCN(C)C(C)(CC)CN. The van der Waals surface area contributed by atoms with E-state index in [0.29, 0.717) is 39.6 Å². The quantitative estimate of drug-likeness (QED) is 0.468. The molecule has 0 bridgehead atoms. The Morgan fingerprint density at radius 2 is 1.43 bits per heavy atom. The molecule has 21 heavy (non-hydrogen) atoms. The molecule has 0 spiro atoms. The van der Waals surface area contributed by atoms with E-state index in [4.69, 9.17) is 19.9 Å². The summed E-state index contributed by atoms with van der Waals surface area (Å²) in [5.41, 5.74) is 5.90. The molecule has 0 radical (unpaired) electrons. The Balaban J connectivity index is 3.36. The summed E-state index contributed by atoms with van der Waals surface area (Å²) in [5.74, 6) is 0. The summed E-state index contributed by atoms with van der Waals surface area (Å²) in [4.78, 5) is 2.27. The van der Waals surface area contributed by atoms with Crippen molar-refractivity contribution in [1.29, 1.82) is 0 Å². The number of nitrogens with two attached hydrogens (primary N) is 1. The zero-order valence-electron chi connectivity index (χ0n) is 14.5. The van der Waals surface area contributed by atoms with Crippen molar-refractivity contribution in [2.75, 3.05) is 59.8 Å². The fourth-order valence-corrected chi connectivity index (χ4v) is 1.83. The number of nitrogens with zero attached hydrogens (tertiary/aromatic N) is 1. The van der Waals surface area contributed by atoms with Gasteiger partial charge < -0.3 is 19.9 Å². The van der Waals surface area contributed by atoms with Crippen LogP contribution in [0.2, 0.25) is 0 Å². The average molecular weight is 304 g/mol. The molecule has 0 heterocycles. The molecule has 0 aromatic carbocycles. The molecular formula is C16H36N2O3. The van der Waals surface area contributed by atoms with Crippen molar-refractivity contribution in [2.45, 2.75) is 45.6 Å².